The predicted octanol–water partition coefficient (Wildman–Crippen LogP) is 2.73. The van der Waals surface area contributed by atoms with Gasteiger partial charge in [0.15, 0.2) is 11.5 Å². The predicted molar refractivity (Wildman–Crippen MR) is 62.1 cm³/mol. The van der Waals surface area contributed by atoms with E-state index >= 15 is 0 Å². The van der Waals surface area contributed by atoms with E-state index in [-0.39, 0.29) is 6.79 Å². The molecule has 0 radical (unpaired) electrons. The average Bonchev–Trinajstić information content (AvgIpc) is 2.79. The number of pyridine rings is 1. The number of aromatic nitrogens is 1. The van der Waals surface area contributed by atoms with Gasteiger partial charge in [0.2, 0.25) is 12.5 Å². The fourth-order valence-electron chi connectivity index (χ4n) is 1.82. The van der Waals surface area contributed by atoms with Gasteiger partial charge in [0.05, 0.1) is 11.6 Å². The van der Waals surface area contributed by atoms with Crippen LogP contribution in [0.15, 0.2) is 22.9 Å². The van der Waals surface area contributed by atoms with E-state index in [0.717, 1.165) is 15.2 Å². The van der Waals surface area contributed by atoms with E-state index in [0.29, 0.717) is 17.2 Å². The molecular formula is C11H8BrNO3. The lowest BCUT2D eigenvalue weighted by atomic mass is 10.1. The number of methoxy groups -OCH3 is 1. The van der Waals surface area contributed by atoms with Crippen molar-refractivity contribution in [3.63, 3.8) is 0 Å². The van der Waals surface area contributed by atoms with Gasteiger partial charge in [0, 0.05) is 23.2 Å². The molecule has 1 aliphatic heterocycles. The van der Waals surface area contributed by atoms with E-state index in [1.54, 1.807) is 19.5 Å². The highest BCUT2D eigenvalue weighted by Gasteiger charge is 2.25. The topological polar surface area (TPSA) is 40.6 Å². The number of benzene rings is 1. The summed E-state index contributed by atoms with van der Waals surface area (Å²) in [6.07, 6.45) is 3.49. The molecule has 5 heteroatoms. The van der Waals surface area contributed by atoms with E-state index in [2.05, 4.69) is 20.9 Å². The molecule has 0 aliphatic carbocycles. The summed E-state index contributed by atoms with van der Waals surface area (Å²) in [5.41, 5.74) is 0. The number of fused-ring (bicyclic) bond motifs is 3. The molecule has 0 atom stereocenters. The Morgan fingerprint density at radius 3 is 2.94 bits per heavy atom. The SMILES string of the molecule is COc1c2c(c3cnccc3c1Br)OCO2. The van der Waals surface area contributed by atoms with E-state index in [4.69, 9.17) is 14.2 Å². The fraction of sp³-hybridized carbons (Fsp3) is 0.182. The molecule has 1 aromatic carbocycles. The first kappa shape index (κ1) is 9.72. The van der Waals surface area contributed by atoms with Crippen molar-refractivity contribution < 1.29 is 14.2 Å². The van der Waals surface area contributed by atoms with Crippen LogP contribution in [0.3, 0.4) is 0 Å². The highest BCUT2D eigenvalue weighted by Crippen LogP contribution is 2.50. The Kier molecular flexibility index (Phi) is 2.14. The van der Waals surface area contributed by atoms with Crippen molar-refractivity contribution in [1.29, 1.82) is 0 Å². The van der Waals surface area contributed by atoms with Gasteiger partial charge in [0.1, 0.15) is 0 Å². The number of halogens is 1. The third-order valence-electron chi connectivity index (χ3n) is 2.52. The van der Waals surface area contributed by atoms with E-state index in [1.165, 1.54) is 0 Å². The molecule has 0 unspecified atom stereocenters. The highest BCUT2D eigenvalue weighted by atomic mass is 79.9. The molecule has 2 heterocycles. The van der Waals surface area contributed by atoms with Gasteiger partial charge in [0.25, 0.3) is 0 Å². The summed E-state index contributed by atoms with van der Waals surface area (Å²) >= 11 is 3.51. The number of rotatable bonds is 1. The van der Waals surface area contributed by atoms with E-state index in [9.17, 15) is 0 Å². The zero-order valence-corrected chi connectivity index (χ0v) is 10.1. The Labute approximate surface area is 100 Å². The summed E-state index contributed by atoms with van der Waals surface area (Å²) in [4.78, 5) is 4.09. The maximum atomic E-state index is 5.45. The largest absolute Gasteiger partial charge is 0.492 e. The summed E-state index contributed by atoms with van der Waals surface area (Å²) < 4.78 is 17.0. The molecule has 16 heavy (non-hydrogen) atoms. The van der Waals surface area contributed by atoms with Crippen molar-refractivity contribution in [2.75, 3.05) is 13.9 Å². The molecule has 1 aromatic heterocycles. The molecular weight excluding hydrogens is 274 g/mol. The smallest absolute Gasteiger partial charge is 0.231 e. The lowest BCUT2D eigenvalue weighted by Gasteiger charge is -2.10. The van der Waals surface area contributed by atoms with Crippen LogP contribution in [0.2, 0.25) is 0 Å². The Morgan fingerprint density at radius 2 is 2.12 bits per heavy atom. The van der Waals surface area contributed by atoms with Crippen LogP contribution in [-0.4, -0.2) is 18.9 Å². The Balaban J connectivity index is 2.47. The molecule has 0 fully saturated rings. The van der Waals surface area contributed by atoms with Gasteiger partial charge in [-0.2, -0.15) is 0 Å². The normalized spacial score (nSPS) is 13.1. The van der Waals surface area contributed by atoms with Crippen LogP contribution in [-0.2, 0) is 0 Å². The number of nitrogens with zero attached hydrogens (tertiary/aromatic N) is 1. The molecule has 0 saturated heterocycles. The van der Waals surface area contributed by atoms with Crippen molar-refractivity contribution in [2.24, 2.45) is 0 Å². The minimum Gasteiger partial charge on any atom is -0.492 e. The third-order valence-corrected chi connectivity index (χ3v) is 3.31. The molecule has 0 N–H and O–H groups in total. The van der Waals surface area contributed by atoms with Gasteiger partial charge in [-0.1, -0.05) is 0 Å². The molecule has 4 nitrogen and oxygen atoms in total. The monoisotopic (exact) mass is 281 g/mol. The second-order valence-corrected chi connectivity index (χ2v) is 4.13. The van der Waals surface area contributed by atoms with Gasteiger partial charge in [-0.3, -0.25) is 4.98 Å². The first-order valence-corrected chi connectivity index (χ1v) is 5.51. The van der Waals surface area contributed by atoms with Crippen LogP contribution in [0.25, 0.3) is 10.8 Å². The molecule has 0 spiro atoms. The summed E-state index contributed by atoms with van der Waals surface area (Å²) in [5.74, 6) is 1.99. The second kappa shape index (κ2) is 3.52. The number of ether oxygens (including phenoxy) is 3. The van der Waals surface area contributed by atoms with Crippen molar-refractivity contribution in [3.05, 3.63) is 22.9 Å². The molecule has 0 bridgehead atoms. The third kappa shape index (κ3) is 1.18. The lowest BCUT2D eigenvalue weighted by molar-refractivity contribution is 0.172. The Morgan fingerprint density at radius 1 is 1.31 bits per heavy atom. The van der Waals surface area contributed by atoms with E-state index < -0.39 is 0 Å². The Bertz CT molecular complexity index is 571. The minimum atomic E-state index is 0.214. The quantitative estimate of drug-likeness (QED) is 0.806. The van der Waals surface area contributed by atoms with Gasteiger partial charge in [-0.15, -0.1) is 0 Å². The van der Waals surface area contributed by atoms with Gasteiger partial charge in [-0.05, 0) is 22.0 Å². The maximum Gasteiger partial charge on any atom is 0.231 e. The molecule has 0 amide bonds. The summed E-state index contributed by atoms with van der Waals surface area (Å²) in [6.45, 7) is 0.214. The highest BCUT2D eigenvalue weighted by molar-refractivity contribution is 9.10. The van der Waals surface area contributed by atoms with Crippen LogP contribution in [0.1, 0.15) is 0 Å². The summed E-state index contributed by atoms with van der Waals surface area (Å²) in [5, 5.41) is 1.92. The standard InChI is InChI=1S/C11H8BrNO3/c1-14-10-8(12)6-2-3-13-4-7(6)9-11(10)16-5-15-9/h2-4H,5H2,1H3. The average molecular weight is 282 g/mol. The zero-order chi connectivity index (χ0) is 11.1. The Hall–Kier alpha value is -1.49. The van der Waals surface area contributed by atoms with Crippen LogP contribution in [0, 0.1) is 0 Å². The van der Waals surface area contributed by atoms with Gasteiger partial charge >= 0.3 is 0 Å². The molecule has 0 saturated carbocycles. The van der Waals surface area contributed by atoms with Crippen molar-refractivity contribution >= 4 is 26.7 Å². The van der Waals surface area contributed by atoms with Crippen LogP contribution in [0.5, 0.6) is 17.2 Å². The van der Waals surface area contributed by atoms with Gasteiger partial charge < -0.3 is 14.2 Å². The van der Waals surface area contributed by atoms with Crippen molar-refractivity contribution in [2.45, 2.75) is 0 Å². The van der Waals surface area contributed by atoms with Crippen molar-refractivity contribution in [1.82, 2.24) is 4.98 Å². The molecule has 82 valence electrons. The molecule has 1 aliphatic rings. The van der Waals surface area contributed by atoms with Crippen LogP contribution in [0.4, 0.5) is 0 Å². The molecule has 2 aromatic rings. The van der Waals surface area contributed by atoms with Crippen LogP contribution >= 0.6 is 15.9 Å². The minimum absolute atomic E-state index is 0.214. The summed E-state index contributed by atoms with van der Waals surface area (Å²) in [6, 6.07) is 1.91. The first-order valence-electron chi connectivity index (χ1n) is 4.71. The second-order valence-electron chi connectivity index (χ2n) is 3.33. The van der Waals surface area contributed by atoms with Gasteiger partial charge in [-0.25, -0.2) is 0 Å². The van der Waals surface area contributed by atoms with E-state index in [1.807, 2.05) is 6.07 Å². The number of hydrogen-bond acceptors (Lipinski definition) is 4. The first-order chi connectivity index (χ1) is 7.83. The number of hydrogen-bond donors (Lipinski definition) is 0. The zero-order valence-electron chi connectivity index (χ0n) is 8.49. The fourth-order valence-corrected chi connectivity index (χ4v) is 2.51. The lowest BCUT2D eigenvalue weighted by Crippen LogP contribution is -1.94. The molecule has 3 rings (SSSR count). The van der Waals surface area contributed by atoms with Crippen molar-refractivity contribution in [3.8, 4) is 17.2 Å². The maximum absolute atomic E-state index is 5.45. The van der Waals surface area contributed by atoms with Crippen LogP contribution < -0.4 is 14.2 Å². The summed E-state index contributed by atoms with van der Waals surface area (Å²) in [7, 11) is 1.61.